The molecule has 15 heavy (non-hydrogen) atoms. The largest absolute Gasteiger partial charge is 0.465 e. The van der Waals surface area contributed by atoms with Crippen LogP contribution in [0.4, 0.5) is 0 Å². The summed E-state index contributed by atoms with van der Waals surface area (Å²) in [6, 6.07) is 5.35. The van der Waals surface area contributed by atoms with Crippen LogP contribution in [0, 0.1) is 18.3 Å². The lowest BCUT2D eigenvalue weighted by Crippen LogP contribution is -2.04. The van der Waals surface area contributed by atoms with Gasteiger partial charge in [-0.05, 0) is 30.2 Å². The molecule has 0 aromatic heterocycles. The highest BCUT2D eigenvalue weighted by Gasteiger charge is 2.11. The molecular weight excluding hydrogens is 258 g/mol. The van der Waals surface area contributed by atoms with Crippen molar-refractivity contribution >= 4 is 21.9 Å². The average Bonchev–Trinajstić information content (AvgIpc) is 2.26. The van der Waals surface area contributed by atoms with E-state index in [0.29, 0.717) is 16.5 Å². The molecule has 0 radical (unpaired) electrons. The lowest BCUT2D eigenvalue weighted by atomic mass is 10.0. The first-order chi connectivity index (χ1) is 7.13. The standard InChI is InChI=1S/C11H10BrNO2/c1-7-3-8(11(14)15-2)4-9(6-13)10(7)5-12/h3-4H,5H2,1-2H3. The zero-order chi connectivity index (χ0) is 11.4. The molecule has 0 spiro atoms. The molecule has 1 aromatic rings. The third-order valence-corrected chi connectivity index (χ3v) is 2.71. The van der Waals surface area contributed by atoms with E-state index in [1.807, 2.05) is 6.92 Å². The van der Waals surface area contributed by atoms with Crippen molar-refractivity contribution in [2.45, 2.75) is 12.3 Å². The maximum atomic E-state index is 11.3. The van der Waals surface area contributed by atoms with Crippen LogP contribution in [0.15, 0.2) is 12.1 Å². The second-order valence-electron chi connectivity index (χ2n) is 3.06. The summed E-state index contributed by atoms with van der Waals surface area (Å²) >= 11 is 3.31. The molecule has 0 aliphatic rings. The fraction of sp³-hybridized carbons (Fsp3) is 0.273. The SMILES string of the molecule is COC(=O)c1cc(C)c(CBr)c(C#N)c1. The predicted octanol–water partition coefficient (Wildman–Crippen LogP) is 2.55. The van der Waals surface area contributed by atoms with Gasteiger partial charge in [0.2, 0.25) is 0 Å². The molecule has 0 N–H and O–H groups in total. The monoisotopic (exact) mass is 267 g/mol. The van der Waals surface area contributed by atoms with E-state index < -0.39 is 5.97 Å². The zero-order valence-electron chi connectivity index (χ0n) is 8.50. The molecule has 0 unspecified atom stereocenters. The molecule has 0 saturated heterocycles. The number of methoxy groups -OCH3 is 1. The van der Waals surface area contributed by atoms with Gasteiger partial charge in [-0.3, -0.25) is 0 Å². The van der Waals surface area contributed by atoms with Gasteiger partial charge in [-0.2, -0.15) is 5.26 Å². The number of hydrogen-bond donors (Lipinski definition) is 0. The van der Waals surface area contributed by atoms with Crippen LogP contribution in [0.25, 0.3) is 0 Å². The van der Waals surface area contributed by atoms with Gasteiger partial charge in [-0.1, -0.05) is 15.9 Å². The van der Waals surface area contributed by atoms with Crippen LogP contribution in [-0.4, -0.2) is 13.1 Å². The minimum absolute atomic E-state index is 0.413. The number of carbonyl (C=O) groups is 1. The van der Waals surface area contributed by atoms with E-state index >= 15 is 0 Å². The molecule has 0 bridgehead atoms. The first-order valence-electron chi connectivity index (χ1n) is 4.32. The Morgan fingerprint density at radius 1 is 1.60 bits per heavy atom. The number of esters is 1. The van der Waals surface area contributed by atoms with Gasteiger partial charge in [-0.25, -0.2) is 4.79 Å². The van der Waals surface area contributed by atoms with Crippen molar-refractivity contribution in [3.05, 3.63) is 34.4 Å². The maximum Gasteiger partial charge on any atom is 0.337 e. The lowest BCUT2D eigenvalue weighted by molar-refractivity contribution is 0.0600. The number of hydrogen-bond acceptors (Lipinski definition) is 3. The van der Waals surface area contributed by atoms with Crippen molar-refractivity contribution in [1.82, 2.24) is 0 Å². The Bertz CT molecular complexity index is 435. The number of nitriles is 1. The topological polar surface area (TPSA) is 50.1 Å². The fourth-order valence-electron chi connectivity index (χ4n) is 1.33. The summed E-state index contributed by atoms with van der Waals surface area (Å²) in [6.07, 6.45) is 0. The summed E-state index contributed by atoms with van der Waals surface area (Å²) in [5.74, 6) is -0.421. The van der Waals surface area contributed by atoms with E-state index in [4.69, 9.17) is 5.26 Å². The Hall–Kier alpha value is -1.34. The summed E-state index contributed by atoms with van der Waals surface area (Å²) in [7, 11) is 1.32. The average molecular weight is 268 g/mol. The van der Waals surface area contributed by atoms with Crippen LogP contribution in [-0.2, 0) is 10.1 Å². The van der Waals surface area contributed by atoms with Gasteiger partial charge in [0.15, 0.2) is 0 Å². The quantitative estimate of drug-likeness (QED) is 0.611. The molecule has 1 rings (SSSR count). The van der Waals surface area contributed by atoms with Crippen LogP contribution in [0.3, 0.4) is 0 Å². The van der Waals surface area contributed by atoms with E-state index in [1.54, 1.807) is 12.1 Å². The van der Waals surface area contributed by atoms with E-state index in [-0.39, 0.29) is 0 Å². The predicted molar refractivity (Wildman–Crippen MR) is 59.9 cm³/mol. The molecule has 0 aliphatic carbocycles. The fourth-order valence-corrected chi connectivity index (χ4v) is 2.07. The molecule has 0 fully saturated rings. The number of ether oxygens (including phenoxy) is 1. The Morgan fingerprint density at radius 3 is 2.73 bits per heavy atom. The molecule has 1 aromatic carbocycles. The van der Waals surface area contributed by atoms with Crippen LogP contribution in [0.5, 0.6) is 0 Å². The number of rotatable bonds is 2. The van der Waals surface area contributed by atoms with E-state index in [9.17, 15) is 4.79 Å². The van der Waals surface area contributed by atoms with Gasteiger partial charge in [-0.15, -0.1) is 0 Å². The molecule has 0 aliphatic heterocycles. The minimum atomic E-state index is -0.421. The van der Waals surface area contributed by atoms with E-state index in [0.717, 1.165) is 11.1 Å². The summed E-state index contributed by atoms with van der Waals surface area (Å²) < 4.78 is 4.60. The first-order valence-corrected chi connectivity index (χ1v) is 5.44. The smallest absolute Gasteiger partial charge is 0.337 e. The molecule has 0 atom stereocenters. The third kappa shape index (κ3) is 2.37. The summed E-state index contributed by atoms with van der Waals surface area (Å²) in [4.78, 5) is 11.3. The molecule has 0 amide bonds. The van der Waals surface area contributed by atoms with Crippen LogP contribution < -0.4 is 0 Å². The summed E-state index contributed by atoms with van der Waals surface area (Å²) in [5, 5.41) is 9.53. The Labute approximate surface area is 96.8 Å². The van der Waals surface area contributed by atoms with Crippen LogP contribution in [0.2, 0.25) is 0 Å². The summed E-state index contributed by atoms with van der Waals surface area (Å²) in [5.41, 5.74) is 2.74. The van der Waals surface area contributed by atoms with E-state index in [1.165, 1.54) is 7.11 Å². The molecule has 78 valence electrons. The second kappa shape index (κ2) is 4.94. The third-order valence-electron chi connectivity index (χ3n) is 2.15. The highest BCUT2D eigenvalue weighted by molar-refractivity contribution is 9.08. The Morgan fingerprint density at radius 2 is 2.27 bits per heavy atom. The number of aryl methyl sites for hydroxylation is 1. The Kier molecular flexibility index (Phi) is 3.87. The molecule has 0 heterocycles. The number of benzene rings is 1. The van der Waals surface area contributed by atoms with Gasteiger partial charge in [0.25, 0.3) is 0 Å². The molecular formula is C11H10BrNO2. The molecule has 4 heteroatoms. The van der Waals surface area contributed by atoms with Gasteiger partial charge in [0.05, 0.1) is 24.3 Å². The van der Waals surface area contributed by atoms with Crippen LogP contribution in [0.1, 0.15) is 27.0 Å². The minimum Gasteiger partial charge on any atom is -0.465 e. The van der Waals surface area contributed by atoms with Gasteiger partial charge in [0.1, 0.15) is 0 Å². The van der Waals surface area contributed by atoms with Gasteiger partial charge >= 0.3 is 5.97 Å². The van der Waals surface area contributed by atoms with Crippen LogP contribution >= 0.6 is 15.9 Å². The number of alkyl halides is 1. The van der Waals surface area contributed by atoms with Crippen molar-refractivity contribution in [3.63, 3.8) is 0 Å². The van der Waals surface area contributed by atoms with Crippen molar-refractivity contribution in [1.29, 1.82) is 5.26 Å². The molecule has 3 nitrogen and oxygen atoms in total. The Balaban J connectivity index is 3.33. The van der Waals surface area contributed by atoms with Crippen molar-refractivity contribution in [3.8, 4) is 6.07 Å². The van der Waals surface area contributed by atoms with Gasteiger partial charge < -0.3 is 4.74 Å². The number of nitrogens with zero attached hydrogens (tertiary/aromatic N) is 1. The van der Waals surface area contributed by atoms with Gasteiger partial charge in [0, 0.05) is 5.33 Å². The van der Waals surface area contributed by atoms with E-state index in [2.05, 4.69) is 26.7 Å². The van der Waals surface area contributed by atoms with Crippen molar-refractivity contribution in [2.75, 3.05) is 7.11 Å². The second-order valence-corrected chi connectivity index (χ2v) is 3.62. The summed E-state index contributed by atoms with van der Waals surface area (Å²) in [6.45, 7) is 1.86. The van der Waals surface area contributed by atoms with Crippen molar-refractivity contribution in [2.24, 2.45) is 0 Å². The molecule has 0 saturated carbocycles. The van der Waals surface area contributed by atoms with Crippen molar-refractivity contribution < 1.29 is 9.53 Å². The first kappa shape index (κ1) is 11.7. The lowest BCUT2D eigenvalue weighted by Gasteiger charge is -2.07. The highest BCUT2D eigenvalue weighted by Crippen LogP contribution is 2.19. The number of carbonyl (C=O) groups excluding carboxylic acids is 1. The highest BCUT2D eigenvalue weighted by atomic mass is 79.9. The zero-order valence-corrected chi connectivity index (χ0v) is 10.1. The number of halogens is 1. The normalized spacial score (nSPS) is 9.47. The maximum absolute atomic E-state index is 11.3.